The van der Waals surface area contributed by atoms with Gasteiger partial charge in [-0.05, 0) is 29.6 Å². The Kier molecular flexibility index (Phi) is 3.76. The summed E-state index contributed by atoms with van der Waals surface area (Å²) in [6, 6.07) is 8.69. The van der Waals surface area contributed by atoms with Crippen molar-refractivity contribution in [1.82, 2.24) is 0 Å². The van der Waals surface area contributed by atoms with Crippen LogP contribution < -0.4 is 5.32 Å². The fourth-order valence-electron chi connectivity index (χ4n) is 1.56. The molecule has 2 rings (SSSR count). The Morgan fingerprint density at radius 3 is 2.63 bits per heavy atom. The molecule has 2 nitrogen and oxygen atoms in total. The fraction of sp³-hybridized carbons (Fsp3) is 0.154. The van der Waals surface area contributed by atoms with E-state index in [0.717, 1.165) is 17.0 Å². The first-order chi connectivity index (χ1) is 9.00. The van der Waals surface area contributed by atoms with E-state index in [4.69, 9.17) is 5.26 Å². The molecule has 1 N–H and O–H groups in total. The van der Waals surface area contributed by atoms with Crippen LogP contribution in [0.3, 0.4) is 0 Å². The zero-order valence-corrected chi connectivity index (χ0v) is 10.5. The maximum atomic E-state index is 12.5. The molecule has 0 unspecified atom stereocenters. The summed E-state index contributed by atoms with van der Waals surface area (Å²) in [4.78, 5) is 1.05. The summed E-state index contributed by atoms with van der Waals surface area (Å²) in [5.74, 6) is 0. The molecule has 0 bridgehead atoms. The molecule has 6 heteroatoms. The zero-order valence-electron chi connectivity index (χ0n) is 9.66. The van der Waals surface area contributed by atoms with Crippen LogP contribution in [-0.4, -0.2) is 0 Å². The van der Waals surface area contributed by atoms with Crippen LogP contribution in [0, 0.1) is 11.3 Å². The highest BCUT2D eigenvalue weighted by Gasteiger charge is 2.31. The van der Waals surface area contributed by atoms with Crippen LogP contribution in [-0.2, 0) is 12.7 Å². The normalized spacial score (nSPS) is 11.1. The monoisotopic (exact) mass is 282 g/mol. The van der Waals surface area contributed by atoms with Gasteiger partial charge in [-0.3, -0.25) is 0 Å². The smallest absolute Gasteiger partial charge is 0.379 e. The Morgan fingerprint density at radius 2 is 2.05 bits per heavy atom. The summed E-state index contributed by atoms with van der Waals surface area (Å²) >= 11 is 1.54. The Balaban J connectivity index is 2.20. The Morgan fingerprint density at radius 1 is 1.26 bits per heavy atom. The molecule has 0 amide bonds. The molecular weight excluding hydrogens is 273 g/mol. The second-order valence-electron chi connectivity index (χ2n) is 3.80. The van der Waals surface area contributed by atoms with Gasteiger partial charge in [0.2, 0.25) is 0 Å². The Hall–Kier alpha value is -2.00. The van der Waals surface area contributed by atoms with E-state index in [2.05, 4.69) is 5.32 Å². The predicted octanol–water partition coefficient (Wildman–Crippen LogP) is 4.25. The predicted molar refractivity (Wildman–Crippen MR) is 67.8 cm³/mol. The molecule has 1 aromatic carbocycles. The van der Waals surface area contributed by atoms with E-state index in [0.29, 0.717) is 12.2 Å². The van der Waals surface area contributed by atoms with Crippen LogP contribution >= 0.6 is 11.3 Å². The minimum absolute atomic E-state index is 0.00798. The van der Waals surface area contributed by atoms with Crippen molar-refractivity contribution in [2.75, 3.05) is 5.32 Å². The van der Waals surface area contributed by atoms with Crippen molar-refractivity contribution in [2.24, 2.45) is 0 Å². The van der Waals surface area contributed by atoms with Crippen LogP contribution in [0.4, 0.5) is 18.9 Å². The van der Waals surface area contributed by atoms with E-state index >= 15 is 0 Å². The number of anilines is 1. The van der Waals surface area contributed by atoms with Crippen molar-refractivity contribution in [3.8, 4) is 6.07 Å². The van der Waals surface area contributed by atoms with E-state index in [9.17, 15) is 13.2 Å². The number of benzene rings is 1. The average Bonchev–Trinajstić information content (AvgIpc) is 2.88. The number of rotatable bonds is 3. The summed E-state index contributed by atoms with van der Waals surface area (Å²) in [5.41, 5.74) is -0.416. The molecule has 0 saturated heterocycles. The van der Waals surface area contributed by atoms with E-state index in [1.165, 1.54) is 17.4 Å². The van der Waals surface area contributed by atoms with Crippen molar-refractivity contribution >= 4 is 17.0 Å². The van der Waals surface area contributed by atoms with Crippen LogP contribution in [0.25, 0.3) is 0 Å². The van der Waals surface area contributed by atoms with Gasteiger partial charge in [-0.25, -0.2) is 0 Å². The topological polar surface area (TPSA) is 35.8 Å². The third-order valence-corrected chi connectivity index (χ3v) is 3.38. The molecule has 0 fully saturated rings. The van der Waals surface area contributed by atoms with Crippen LogP contribution in [0.5, 0.6) is 0 Å². The first-order valence-corrected chi connectivity index (χ1v) is 6.26. The summed E-state index contributed by atoms with van der Waals surface area (Å²) in [5, 5.41) is 13.8. The molecule has 19 heavy (non-hydrogen) atoms. The van der Waals surface area contributed by atoms with Crippen LogP contribution in [0.1, 0.15) is 16.0 Å². The van der Waals surface area contributed by atoms with Gasteiger partial charge in [0.05, 0.1) is 16.8 Å². The molecule has 0 aliphatic carbocycles. The number of hydrogen-bond donors (Lipinski definition) is 1. The zero-order chi connectivity index (χ0) is 13.9. The lowest BCUT2D eigenvalue weighted by atomic mass is 10.1. The number of nitrogens with one attached hydrogen (secondary N) is 1. The second-order valence-corrected chi connectivity index (χ2v) is 4.84. The van der Waals surface area contributed by atoms with Crippen molar-refractivity contribution in [2.45, 2.75) is 12.7 Å². The van der Waals surface area contributed by atoms with E-state index in [1.54, 1.807) is 6.07 Å². The third kappa shape index (κ3) is 3.26. The molecule has 2 aromatic rings. The van der Waals surface area contributed by atoms with Gasteiger partial charge < -0.3 is 5.32 Å². The molecule has 1 aromatic heterocycles. The molecular formula is C13H9F3N2S. The van der Waals surface area contributed by atoms with Gasteiger partial charge in [0.15, 0.2) is 0 Å². The molecule has 0 radical (unpaired) electrons. The SMILES string of the molecule is N#Cc1cc(C(F)(F)F)ccc1NCc1cccs1. The van der Waals surface area contributed by atoms with Crippen molar-refractivity contribution in [1.29, 1.82) is 5.26 Å². The molecule has 1 heterocycles. The molecule has 0 saturated carbocycles. The quantitative estimate of drug-likeness (QED) is 0.913. The lowest BCUT2D eigenvalue weighted by molar-refractivity contribution is -0.137. The first kappa shape index (κ1) is 13.4. The number of hydrogen-bond acceptors (Lipinski definition) is 3. The van der Waals surface area contributed by atoms with E-state index < -0.39 is 11.7 Å². The summed E-state index contributed by atoms with van der Waals surface area (Å²) in [7, 11) is 0. The van der Waals surface area contributed by atoms with Crippen LogP contribution in [0.15, 0.2) is 35.7 Å². The van der Waals surface area contributed by atoms with E-state index in [-0.39, 0.29) is 5.56 Å². The number of thiophene rings is 1. The molecule has 0 aliphatic heterocycles. The largest absolute Gasteiger partial charge is 0.416 e. The van der Waals surface area contributed by atoms with Gasteiger partial charge >= 0.3 is 6.18 Å². The Bertz CT molecular complexity index is 597. The minimum Gasteiger partial charge on any atom is -0.379 e. The van der Waals surface area contributed by atoms with Gasteiger partial charge in [-0.2, -0.15) is 18.4 Å². The summed E-state index contributed by atoms with van der Waals surface area (Å²) in [6.45, 7) is 0.484. The minimum atomic E-state index is -4.43. The third-order valence-electron chi connectivity index (χ3n) is 2.50. The van der Waals surface area contributed by atoms with Crippen molar-refractivity contribution in [3.05, 3.63) is 51.7 Å². The molecule has 98 valence electrons. The lowest BCUT2D eigenvalue weighted by Gasteiger charge is -2.11. The maximum absolute atomic E-state index is 12.5. The van der Waals surface area contributed by atoms with Crippen molar-refractivity contribution < 1.29 is 13.2 Å². The maximum Gasteiger partial charge on any atom is 0.416 e. The average molecular weight is 282 g/mol. The van der Waals surface area contributed by atoms with Gasteiger partial charge in [-0.15, -0.1) is 11.3 Å². The van der Waals surface area contributed by atoms with E-state index in [1.807, 2.05) is 17.5 Å². The van der Waals surface area contributed by atoms with Gasteiger partial charge in [0.1, 0.15) is 6.07 Å². The number of alkyl halides is 3. The fourth-order valence-corrected chi connectivity index (χ4v) is 2.21. The first-order valence-electron chi connectivity index (χ1n) is 5.38. The summed E-state index contributed by atoms with van der Waals surface area (Å²) < 4.78 is 37.6. The highest BCUT2D eigenvalue weighted by molar-refractivity contribution is 7.09. The number of nitrogens with zero attached hydrogens (tertiary/aromatic N) is 1. The van der Waals surface area contributed by atoms with Gasteiger partial charge in [0.25, 0.3) is 0 Å². The second kappa shape index (κ2) is 5.33. The molecule has 0 aliphatic rings. The standard InChI is InChI=1S/C13H9F3N2S/c14-13(15,16)10-3-4-12(9(6-10)7-17)18-8-11-2-1-5-19-11/h1-6,18H,8H2. The molecule has 0 atom stereocenters. The highest BCUT2D eigenvalue weighted by Crippen LogP contribution is 2.31. The number of nitriles is 1. The van der Waals surface area contributed by atoms with Gasteiger partial charge in [0, 0.05) is 11.4 Å². The summed E-state index contributed by atoms with van der Waals surface area (Å²) in [6.07, 6.45) is -4.43. The highest BCUT2D eigenvalue weighted by atomic mass is 32.1. The molecule has 0 spiro atoms. The van der Waals surface area contributed by atoms with Crippen molar-refractivity contribution in [3.63, 3.8) is 0 Å². The van der Waals surface area contributed by atoms with Crippen LogP contribution in [0.2, 0.25) is 0 Å². The lowest BCUT2D eigenvalue weighted by Crippen LogP contribution is -2.07. The van der Waals surface area contributed by atoms with Gasteiger partial charge in [-0.1, -0.05) is 6.07 Å². The number of halogens is 3. The Labute approximate surface area is 112 Å².